The molecule has 0 unspecified atom stereocenters. The lowest BCUT2D eigenvalue weighted by atomic mass is 10.0. The minimum atomic E-state index is -1.27. The van der Waals surface area contributed by atoms with Crippen LogP contribution in [0, 0.1) is 0 Å². The van der Waals surface area contributed by atoms with Crippen LogP contribution in [0.4, 0.5) is 0 Å². The molecule has 1 heterocycles. The second-order valence-corrected chi connectivity index (χ2v) is 3.59. The molecule has 2 rings (SSSR count). The van der Waals surface area contributed by atoms with Crippen LogP contribution < -0.4 is 0 Å². The van der Waals surface area contributed by atoms with Gasteiger partial charge in [-0.2, -0.15) is 0 Å². The van der Waals surface area contributed by atoms with Crippen molar-refractivity contribution in [3.8, 4) is 11.3 Å². The Labute approximate surface area is 102 Å². The van der Waals surface area contributed by atoms with E-state index < -0.39 is 11.9 Å². The Balaban J connectivity index is 2.57. The Bertz CT molecular complexity index is 608. The van der Waals surface area contributed by atoms with Gasteiger partial charge in [-0.25, -0.2) is 9.59 Å². The van der Waals surface area contributed by atoms with Crippen molar-refractivity contribution >= 4 is 11.9 Å². The van der Waals surface area contributed by atoms with Crippen LogP contribution in [0.1, 0.15) is 20.7 Å². The maximum Gasteiger partial charge on any atom is 0.336 e. The van der Waals surface area contributed by atoms with E-state index in [0.717, 1.165) is 0 Å². The fourth-order valence-corrected chi connectivity index (χ4v) is 1.60. The van der Waals surface area contributed by atoms with Crippen LogP contribution >= 0.6 is 0 Å². The van der Waals surface area contributed by atoms with E-state index >= 15 is 0 Å². The van der Waals surface area contributed by atoms with Crippen molar-refractivity contribution in [1.82, 2.24) is 4.98 Å². The highest BCUT2D eigenvalue weighted by atomic mass is 16.4. The van der Waals surface area contributed by atoms with Gasteiger partial charge >= 0.3 is 11.9 Å². The van der Waals surface area contributed by atoms with Crippen molar-refractivity contribution < 1.29 is 19.8 Å². The molecule has 2 aromatic rings. The maximum atomic E-state index is 11.0. The summed E-state index contributed by atoms with van der Waals surface area (Å²) in [6.07, 6.45) is 1.58. The second-order valence-electron chi connectivity index (χ2n) is 3.59. The van der Waals surface area contributed by atoms with Gasteiger partial charge in [-0.05, 0) is 24.3 Å². The summed E-state index contributed by atoms with van der Waals surface area (Å²) in [6.45, 7) is 0. The van der Waals surface area contributed by atoms with Crippen molar-refractivity contribution in [2.24, 2.45) is 0 Å². The van der Waals surface area contributed by atoms with Crippen molar-refractivity contribution in [2.45, 2.75) is 0 Å². The molecule has 0 saturated carbocycles. The van der Waals surface area contributed by atoms with Crippen molar-refractivity contribution in [3.63, 3.8) is 0 Å². The average molecular weight is 243 g/mol. The molecule has 0 bridgehead atoms. The van der Waals surface area contributed by atoms with Gasteiger partial charge in [-0.15, -0.1) is 0 Å². The molecule has 5 nitrogen and oxygen atoms in total. The number of carboxylic acid groups (broad SMARTS) is 2. The Morgan fingerprint density at radius 3 is 2.22 bits per heavy atom. The number of carbonyl (C=O) groups is 2. The lowest BCUT2D eigenvalue weighted by Crippen LogP contribution is -2.08. The molecule has 1 aromatic heterocycles. The number of aromatic carboxylic acids is 2. The normalized spacial score (nSPS) is 10.0. The molecule has 1 aromatic carbocycles. The Kier molecular flexibility index (Phi) is 3.05. The molecule has 18 heavy (non-hydrogen) atoms. The van der Waals surface area contributed by atoms with Crippen molar-refractivity contribution in [2.75, 3.05) is 0 Å². The quantitative estimate of drug-likeness (QED) is 0.862. The number of rotatable bonds is 3. The van der Waals surface area contributed by atoms with Crippen LogP contribution in [0.25, 0.3) is 11.3 Å². The van der Waals surface area contributed by atoms with Gasteiger partial charge in [-0.3, -0.25) is 4.98 Å². The number of hydrogen-bond acceptors (Lipinski definition) is 3. The molecule has 0 spiro atoms. The summed E-state index contributed by atoms with van der Waals surface area (Å²) in [5.74, 6) is -2.54. The monoisotopic (exact) mass is 243 g/mol. The van der Waals surface area contributed by atoms with Gasteiger partial charge < -0.3 is 10.2 Å². The molecular weight excluding hydrogens is 234 g/mol. The van der Waals surface area contributed by atoms with Crippen LogP contribution in [0.2, 0.25) is 0 Å². The summed E-state index contributed by atoms with van der Waals surface area (Å²) < 4.78 is 0. The third-order valence-electron chi connectivity index (χ3n) is 2.44. The van der Waals surface area contributed by atoms with Gasteiger partial charge in [0.25, 0.3) is 0 Å². The molecule has 0 saturated heterocycles. The van der Waals surface area contributed by atoms with Crippen LogP contribution in [0.5, 0.6) is 0 Å². The highest BCUT2D eigenvalue weighted by molar-refractivity contribution is 6.02. The number of aromatic nitrogens is 1. The van der Waals surface area contributed by atoms with Gasteiger partial charge in [0, 0.05) is 11.8 Å². The highest BCUT2D eigenvalue weighted by Gasteiger charge is 2.16. The first-order valence-corrected chi connectivity index (χ1v) is 5.11. The molecule has 2 N–H and O–H groups in total. The Morgan fingerprint density at radius 1 is 0.944 bits per heavy atom. The molecule has 0 aliphatic heterocycles. The fourth-order valence-electron chi connectivity index (χ4n) is 1.60. The van der Waals surface area contributed by atoms with Crippen molar-refractivity contribution in [3.05, 3.63) is 53.7 Å². The molecule has 5 heteroatoms. The van der Waals surface area contributed by atoms with Crippen molar-refractivity contribution in [1.29, 1.82) is 0 Å². The van der Waals surface area contributed by atoms with Gasteiger partial charge in [-0.1, -0.05) is 12.1 Å². The molecule has 0 amide bonds. The molecule has 0 radical (unpaired) electrons. The zero-order valence-electron chi connectivity index (χ0n) is 9.20. The van der Waals surface area contributed by atoms with E-state index in [9.17, 15) is 9.59 Å². The second kappa shape index (κ2) is 4.67. The molecule has 0 aliphatic carbocycles. The number of benzene rings is 1. The number of hydrogen-bond donors (Lipinski definition) is 2. The van der Waals surface area contributed by atoms with Crippen LogP contribution in [0.3, 0.4) is 0 Å². The number of pyridine rings is 1. The van der Waals surface area contributed by atoms with E-state index in [1.165, 1.54) is 18.2 Å². The predicted octanol–water partition coefficient (Wildman–Crippen LogP) is 2.14. The molecule has 0 aliphatic rings. The van der Waals surface area contributed by atoms with Crippen LogP contribution in [-0.2, 0) is 0 Å². The standard InChI is InChI=1S/C13H9NO4/c15-12(16)9-5-4-8(7-10(9)13(17)18)11-3-1-2-6-14-11/h1-7H,(H,15,16)(H,17,18). The highest BCUT2D eigenvalue weighted by Crippen LogP contribution is 2.20. The number of carboxylic acids is 2. The third kappa shape index (κ3) is 2.20. The number of nitrogens with zero attached hydrogens (tertiary/aromatic N) is 1. The predicted molar refractivity (Wildman–Crippen MR) is 63.6 cm³/mol. The summed E-state index contributed by atoms with van der Waals surface area (Å²) in [4.78, 5) is 26.0. The topological polar surface area (TPSA) is 87.5 Å². The summed E-state index contributed by atoms with van der Waals surface area (Å²) in [6, 6.07) is 9.37. The molecular formula is C13H9NO4. The van der Waals surface area contributed by atoms with Crippen LogP contribution in [-0.4, -0.2) is 27.1 Å². The molecule has 0 atom stereocenters. The van der Waals surface area contributed by atoms with Gasteiger partial charge in [0.1, 0.15) is 0 Å². The Hall–Kier alpha value is -2.69. The smallest absolute Gasteiger partial charge is 0.336 e. The largest absolute Gasteiger partial charge is 0.478 e. The lowest BCUT2D eigenvalue weighted by Gasteiger charge is -2.05. The third-order valence-corrected chi connectivity index (χ3v) is 2.44. The van der Waals surface area contributed by atoms with E-state index in [1.54, 1.807) is 24.4 Å². The molecule has 90 valence electrons. The van der Waals surface area contributed by atoms with Gasteiger partial charge in [0.05, 0.1) is 16.8 Å². The lowest BCUT2D eigenvalue weighted by molar-refractivity contribution is 0.0651. The zero-order chi connectivity index (χ0) is 13.1. The molecule has 0 fully saturated rings. The minimum absolute atomic E-state index is 0.234. The minimum Gasteiger partial charge on any atom is -0.478 e. The summed E-state index contributed by atoms with van der Waals surface area (Å²) >= 11 is 0. The van der Waals surface area contributed by atoms with E-state index in [0.29, 0.717) is 11.3 Å². The first-order valence-electron chi connectivity index (χ1n) is 5.11. The first kappa shape index (κ1) is 11.8. The maximum absolute atomic E-state index is 11.0. The fraction of sp³-hybridized carbons (Fsp3) is 0. The summed E-state index contributed by atoms with van der Waals surface area (Å²) in [5, 5.41) is 17.9. The van der Waals surface area contributed by atoms with E-state index in [-0.39, 0.29) is 11.1 Å². The Morgan fingerprint density at radius 2 is 1.67 bits per heavy atom. The van der Waals surface area contributed by atoms with E-state index in [2.05, 4.69) is 4.98 Å². The van der Waals surface area contributed by atoms with E-state index in [4.69, 9.17) is 10.2 Å². The van der Waals surface area contributed by atoms with Gasteiger partial charge in [0.2, 0.25) is 0 Å². The summed E-state index contributed by atoms with van der Waals surface area (Å²) in [5.41, 5.74) is 0.683. The van der Waals surface area contributed by atoms with Gasteiger partial charge in [0.15, 0.2) is 0 Å². The van der Waals surface area contributed by atoms with E-state index in [1.807, 2.05) is 0 Å². The average Bonchev–Trinajstić information content (AvgIpc) is 2.39. The SMILES string of the molecule is O=C(O)c1ccc(-c2ccccn2)cc1C(=O)O. The first-order chi connectivity index (χ1) is 8.59. The zero-order valence-corrected chi connectivity index (χ0v) is 9.20. The summed E-state index contributed by atoms with van der Waals surface area (Å²) in [7, 11) is 0. The van der Waals surface area contributed by atoms with Crippen LogP contribution in [0.15, 0.2) is 42.6 Å².